The standard InChI is InChI=1S/C23H30N4O3/c1-16-17(11-12-21(28)30-23(2,3)4)7-5-9-19(16)14-25-22(29)18-8-6-10-20(13-18)26-15-27-24/h5-10,13,15H,11-12,14,24H2,1-4H3,(H,25,29)(H,26,27). The highest BCUT2D eigenvalue weighted by atomic mass is 16.6. The van der Waals surface area contributed by atoms with Crippen LogP contribution in [0.1, 0.15) is 54.2 Å². The average Bonchev–Trinajstić information content (AvgIpc) is 2.69. The van der Waals surface area contributed by atoms with Crippen LogP contribution in [0.5, 0.6) is 0 Å². The molecular formula is C23H30N4O3. The van der Waals surface area contributed by atoms with Gasteiger partial charge in [-0.05, 0) is 69.0 Å². The Balaban J connectivity index is 1.99. The molecule has 0 saturated carbocycles. The summed E-state index contributed by atoms with van der Waals surface area (Å²) in [5, 5.41) is 2.94. The number of amides is 1. The van der Waals surface area contributed by atoms with Crippen molar-refractivity contribution in [2.24, 2.45) is 10.8 Å². The molecule has 0 radical (unpaired) electrons. The van der Waals surface area contributed by atoms with Crippen LogP contribution < -0.4 is 16.6 Å². The van der Waals surface area contributed by atoms with Crippen LogP contribution >= 0.6 is 0 Å². The number of benzene rings is 2. The van der Waals surface area contributed by atoms with Crippen molar-refractivity contribution in [2.45, 2.75) is 52.7 Å². The second-order valence-corrected chi connectivity index (χ2v) is 7.95. The summed E-state index contributed by atoms with van der Waals surface area (Å²) in [5.74, 6) is 4.77. The number of nitrogens with zero attached hydrogens (tertiary/aromatic N) is 1. The molecule has 2 rings (SSSR count). The number of nitrogens with one attached hydrogen (secondary N) is 2. The Morgan fingerprint density at radius 1 is 1.13 bits per heavy atom. The summed E-state index contributed by atoms with van der Waals surface area (Å²) in [7, 11) is 0. The van der Waals surface area contributed by atoms with Gasteiger partial charge in [0.15, 0.2) is 0 Å². The Morgan fingerprint density at radius 2 is 1.83 bits per heavy atom. The Labute approximate surface area is 177 Å². The molecule has 0 heterocycles. The van der Waals surface area contributed by atoms with E-state index in [1.807, 2.05) is 45.9 Å². The van der Waals surface area contributed by atoms with E-state index in [1.165, 1.54) is 6.34 Å². The second kappa shape index (κ2) is 10.5. The molecule has 1 amide bonds. The van der Waals surface area contributed by atoms with Crippen LogP contribution in [0.3, 0.4) is 0 Å². The average molecular weight is 411 g/mol. The van der Waals surface area contributed by atoms with Crippen molar-refractivity contribution in [2.75, 3.05) is 0 Å². The van der Waals surface area contributed by atoms with Gasteiger partial charge in [0.05, 0.1) is 5.69 Å². The van der Waals surface area contributed by atoms with Crippen LogP contribution in [0.25, 0.3) is 0 Å². The Bertz CT molecular complexity index is 917. The number of hydrazine groups is 1. The molecular weight excluding hydrogens is 380 g/mol. The highest BCUT2D eigenvalue weighted by Gasteiger charge is 2.16. The summed E-state index contributed by atoms with van der Waals surface area (Å²) < 4.78 is 5.37. The van der Waals surface area contributed by atoms with Crippen LogP contribution in [0.4, 0.5) is 5.69 Å². The third kappa shape index (κ3) is 7.33. The van der Waals surface area contributed by atoms with Crippen LogP contribution in [0, 0.1) is 6.92 Å². The van der Waals surface area contributed by atoms with Crippen LogP contribution in [-0.4, -0.2) is 23.8 Å². The van der Waals surface area contributed by atoms with E-state index < -0.39 is 5.60 Å². The van der Waals surface area contributed by atoms with E-state index in [0.29, 0.717) is 30.6 Å². The van der Waals surface area contributed by atoms with Crippen molar-refractivity contribution in [3.63, 3.8) is 0 Å². The highest BCUT2D eigenvalue weighted by molar-refractivity contribution is 5.95. The fourth-order valence-electron chi connectivity index (χ4n) is 2.95. The molecule has 0 aliphatic carbocycles. The first kappa shape index (κ1) is 23.1. The van der Waals surface area contributed by atoms with Gasteiger partial charge in [0.25, 0.3) is 5.91 Å². The number of hydrogen-bond donors (Lipinski definition) is 3. The molecule has 4 N–H and O–H groups in total. The molecule has 7 heteroatoms. The van der Waals surface area contributed by atoms with Crippen molar-refractivity contribution in [1.82, 2.24) is 10.7 Å². The minimum atomic E-state index is -0.484. The quantitative estimate of drug-likeness (QED) is 0.204. The van der Waals surface area contributed by atoms with E-state index >= 15 is 0 Å². The van der Waals surface area contributed by atoms with Gasteiger partial charge in [-0.3, -0.25) is 9.59 Å². The molecule has 7 nitrogen and oxygen atoms in total. The van der Waals surface area contributed by atoms with Crippen LogP contribution in [0.2, 0.25) is 0 Å². The summed E-state index contributed by atoms with van der Waals surface area (Å²) in [4.78, 5) is 28.6. The van der Waals surface area contributed by atoms with Gasteiger partial charge in [-0.2, -0.15) is 0 Å². The maximum Gasteiger partial charge on any atom is 0.306 e. The maximum absolute atomic E-state index is 12.5. The second-order valence-electron chi connectivity index (χ2n) is 7.95. The molecule has 0 saturated heterocycles. The van der Waals surface area contributed by atoms with E-state index in [-0.39, 0.29) is 11.9 Å². The number of nitrogens with two attached hydrogens (primary N) is 1. The van der Waals surface area contributed by atoms with E-state index in [9.17, 15) is 9.59 Å². The zero-order valence-electron chi connectivity index (χ0n) is 18.0. The number of hydrogen-bond acceptors (Lipinski definition) is 5. The number of rotatable bonds is 8. The topological polar surface area (TPSA) is 106 Å². The van der Waals surface area contributed by atoms with Crippen molar-refractivity contribution in [3.05, 3.63) is 64.7 Å². The van der Waals surface area contributed by atoms with Crippen LogP contribution in [-0.2, 0) is 22.5 Å². The molecule has 0 spiro atoms. The molecule has 0 atom stereocenters. The van der Waals surface area contributed by atoms with E-state index in [0.717, 1.165) is 16.7 Å². The first-order valence-corrected chi connectivity index (χ1v) is 9.86. The first-order valence-electron chi connectivity index (χ1n) is 9.86. The van der Waals surface area contributed by atoms with Crippen molar-refractivity contribution in [1.29, 1.82) is 0 Å². The maximum atomic E-state index is 12.5. The number of esters is 1. The van der Waals surface area contributed by atoms with Crippen LogP contribution in [0.15, 0.2) is 47.5 Å². The molecule has 0 bridgehead atoms. The minimum absolute atomic E-state index is 0.189. The van der Waals surface area contributed by atoms with E-state index in [1.54, 1.807) is 24.3 Å². The number of carbonyl (C=O) groups excluding carboxylic acids is 2. The summed E-state index contributed by atoms with van der Waals surface area (Å²) in [5.41, 5.74) is 6.12. The Hall–Kier alpha value is -3.19. The molecule has 0 fully saturated rings. The fraction of sp³-hybridized carbons (Fsp3) is 0.348. The number of aliphatic imine (C=N–C) groups is 1. The van der Waals surface area contributed by atoms with Gasteiger partial charge >= 0.3 is 5.97 Å². The zero-order valence-corrected chi connectivity index (χ0v) is 18.0. The lowest BCUT2D eigenvalue weighted by molar-refractivity contribution is -0.154. The molecule has 0 unspecified atom stereocenters. The van der Waals surface area contributed by atoms with Gasteiger partial charge in [0, 0.05) is 18.5 Å². The summed E-state index contributed by atoms with van der Waals surface area (Å²) in [6.45, 7) is 7.97. The van der Waals surface area contributed by atoms with Crippen molar-refractivity contribution < 1.29 is 14.3 Å². The predicted octanol–water partition coefficient (Wildman–Crippen LogP) is 3.32. The lowest BCUT2D eigenvalue weighted by Crippen LogP contribution is -2.24. The zero-order chi connectivity index (χ0) is 22.1. The van der Waals surface area contributed by atoms with Gasteiger partial charge in [-0.1, -0.05) is 24.3 Å². The lowest BCUT2D eigenvalue weighted by atomic mass is 9.98. The minimum Gasteiger partial charge on any atom is -0.460 e. The first-order chi connectivity index (χ1) is 14.2. The third-order valence-electron chi connectivity index (χ3n) is 4.41. The predicted molar refractivity (Wildman–Crippen MR) is 118 cm³/mol. The Kier molecular flexibility index (Phi) is 8.12. The summed E-state index contributed by atoms with van der Waals surface area (Å²) >= 11 is 0. The number of aryl methyl sites for hydroxylation is 1. The molecule has 160 valence electrons. The van der Waals surface area contributed by atoms with E-state index in [2.05, 4.69) is 15.7 Å². The van der Waals surface area contributed by atoms with Gasteiger partial charge in [-0.25, -0.2) is 10.8 Å². The van der Waals surface area contributed by atoms with Crippen molar-refractivity contribution in [3.8, 4) is 0 Å². The number of carbonyl (C=O) groups is 2. The lowest BCUT2D eigenvalue weighted by Gasteiger charge is -2.19. The molecule has 2 aromatic carbocycles. The fourth-order valence-corrected chi connectivity index (χ4v) is 2.95. The normalized spacial score (nSPS) is 11.4. The monoisotopic (exact) mass is 410 g/mol. The molecule has 2 aromatic rings. The smallest absolute Gasteiger partial charge is 0.306 e. The highest BCUT2D eigenvalue weighted by Crippen LogP contribution is 2.18. The molecule has 0 aliphatic heterocycles. The largest absolute Gasteiger partial charge is 0.460 e. The molecule has 0 aliphatic rings. The van der Waals surface area contributed by atoms with Gasteiger partial charge < -0.3 is 15.5 Å². The molecule has 0 aromatic heterocycles. The van der Waals surface area contributed by atoms with Gasteiger partial charge in [0.2, 0.25) is 0 Å². The van der Waals surface area contributed by atoms with Crippen molar-refractivity contribution >= 4 is 23.9 Å². The Morgan fingerprint density at radius 3 is 2.53 bits per heavy atom. The SMILES string of the molecule is Cc1c(CCC(=O)OC(C)(C)C)cccc1CNC(=O)c1cccc(N=CNN)c1. The number of ether oxygens (including phenoxy) is 1. The summed E-state index contributed by atoms with van der Waals surface area (Å²) in [6, 6.07) is 12.9. The summed E-state index contributed by atoms with van der Waals surface area (Å²) in [6.07, 6.45) is 2.26. The van der Waals surface area contributed by atoms with Gasteiger partial charge in [-0.15, -0.1) is 0 Å². The van der Waals surface area contributed by atoms with E-state index in [4.69, 9.17) is 10.6 Å². The van der Waals surface area contributed by atoms with Gasteiger partial charge in [0.1, 0.15) is 11.9 Å². The third-order valence-corrected chi connectivity index (χ3v) is 4.41. The molecule has 30 heavy (non-hydrogen) atoms.